The van der Waals surface area contributed by atoms with E-state index in [0.717, 1.165) is 17.9 Å². The van der Waals surface area contributed by atoms with Crippen LogP contribution in [0, 0.1) is 6.92 Å². The Morgan fingerprint density at radius 3 is 2.40 bits per heavy atom. The van der Waals surface area contributed by atoms with Crippen molar-refractivity contribution in [1.82, 2.24) is 5.43 Å². The van der Waals surface area contributed by atoms with E-state index in [9.17, 15) is 0 Å². The molecule has 3 nitrogen and oxygen atoms in total. The minimum Gasteiger partial charge on any atom is -0.497 e. The van der Waals surface area contributed by atoms with Gasteiger partial charge in [-0.15, -0.1) is 0 Å². The molecule has 0 aromatic heterocycles. The number of aryl methyl sites for hydroxylation is 1. The van der Waals surface area contributed by atoms with Gasteiger partial charge in [0.15, 0.2) is 0 Å². The predicted molar refractivity (Wildman–Crippen MR) is 81.2 cm³/mol. The van der Waals surface area contributed by atoms with Gasteiger partial charge in [-0.3, -0.25) is 0 Å². The van der Waals surface area contributed by atoms with Gasteiger partial charge in [0.1, 0.15) is 5.75 Å². The third-order valence-electron chi connectivity index (χ3n) is 3.66. The van der Waals surface area contributed by atoms with Crippen LogP contribution in [0.2, 0.25) is 0 Å². The summed E-state index contributed by atoms with van der Waals surface area (Å²) in [4.78, 5) is 0. The Bertz CT molecular complexity index is 614. The topological polar surface area (TPSA) is 33.6 Å². The van der Waals surface area contributed by atoms with E-state index in [1.54, 1.807) is 7.11 Å². The van der Waals surface area contributed by atoms with E-state index in [4.69, 9.17) is 4.74 Å². The van der Waals surface area contributed by atoms with Crippen LogP contribution in [0.3, 0.4) is 0 Å². The Morgan fingerprint density at radius 2 is 1.75 bits per heavy atom. The van der Waals surface area contributed by atoms with Crippen molar-refractivity contribution in [2.75, 3.05) is 7.11 Å². The number of hydrogen-bond donors (Lipinski definition) is 1. The first kappa shape index (κ1) is 12.7. The van der Waals surface area contributed by atoms with E-state index < -0.39 is 0 Å². The van der Waals surface area contributed by atoms with Gasteiger partial charge in [-0.25, -0.2) is 0 Å². The molecule has 1 aliphatic heterocycles. The summed E-state index contributed by atoms with van der Waals surface area (Å²) in [5.74, 6) is 0.881. The summed E-state index contributed by atoms with van der Waals surface area (Å²) in [6, 6.07) is 16.9. The summed E-state index contributed by atoms with van der Waals surface area (Å²) in [6.07, 6.45) is 0.912. The van der Waals surface area contributed by atoms with Crippen LogP contribution < -0.4 is 10.2 Å². The summed E-state index contributed by atoms with van der Waals surface area (Å²) in [6.45, 7) is 2.10. The monoisotopic (exact) mass is 266 g/mol. The fourth-order valence-electron chi connectivity index (χ4n) is 2.40. The molecule has 0 aliphatic carbocycles. The van der Waals surface area contributed by atoms with E-state index in [1.807, 2.05) is 12.1 Å². The van der Waals surface area contributed by atoms with Crippen LogP contribution in [0.5, 0.6) is 5.75 Å². The van der Waals surface area contributed by atoms with Crippen molar-refractivity contribution in [2.24, 2.45) is 5.10 Å². The zero-order valence-electron chi connectivity index (χ0n) is 11.8. The minimum absolute atomic E-state index is 0.247. The highest BCUT2D eigenvalue weighted by Crippen LogP contribution is 2.26. The molecule has 0 bridgehead atoms. The van der Waals surface area contributed by atoms with Gasteiger partial charge in [0.2, 0.25) is 0 Å². The van der Waals surface area contributed by atoms with Gasteiger partial charge in [0, 0.05) is 6.42 Å². The molecule has 1 N–H and O–H groups in total. The smallest absolute Gasteiger partial charge is 0.118 e. The minimum atomic E-state index is 0.247. The lowest BCUT2D eigenvalue weighted by atomic mass is 9.98. The SMILES string of the molecule is COc1ccc(C2CC(c3ccc(C)cc3)=NN2)cc1. The highest BCUT2D eigenvalue weighted by Gasteiger charge is 2.20. The van der Waals surface area contributed by atoms with Crippen LogP contribution in [-0.2, 0) is 0 Å². The second-order valence-electron chi connectivity index (χ2n) is 5.08. The Labute approximate surface area is 119 Å². The largest absolute Gasteiger partial charge is 0.497 e. The molecule has 0 amide bonds. The Kier molecular flexibility index (Phi) is 3.42. The molecule has 1 atom stereocenters. The molecule has 3 heteroatoms. The lowest BCUT2D eigenvalue weighted by Crippen LogP contribution is -2.09. The zero-order chi connectivity index (χ0) is 13.9. The lowest BCUT2D eigenvalue weighted by molar-refractivity contribution is 0.414. The standard InChI is InChI=1S/C17H18N2O/c1-12-3-5-13(6-4-12)16-11-17(19-18-16)14-7-9-15(20-2)10-8-14/h3-10,17,19H,11H2,1-2H3. The van der Waals surface area contributed by atoms with E-state index in [1.165, 1.54) is 16.7 Å². The van der Waals surface area contributed by atoms with Crippen LogP contribution in [0.4, 0.5) is 0 Å². The van der Waals surface area contributed by atoms with Gasteiger partial charge in [0.25, 0.3) is 0 Å². The molecule has 2 aromatic rings. The first-order chi connectivity index (χ1) is 9.76. The lowest BCUT2D eigenvalue weighted by Gasteiger charge is -2.10. The molecule has 0 saturated heterocycles. The van der Waals surface area contributed by atoms with E-state index in [2.05, 4.69) is 53.8 Å². The first-order valence-electron chi connectivity index (χ1n) is 6.79. The average Bonchev–Trinajstić information content (AvgIpc) is 2.98. The molecule has 20 heavy (non-hydrogen) atoms. The van der Waals surface area contributed by atoms with E-state index >= 15 is 0 Å². The third kappa shape index (κ3) is 2.52. The summed E-state index contributed by atoms with van der Waals surface area (Å²) in [7, 11) is 1.68. The highest BCUT2D eigenvalue weighted by molar-refractivity contribution is 6.01. The van der Waals surface area contributed by atoms with E-state index in [0.29, 0.717) is 0 Å². The third-order valence-corrected chi connectivity index (χ3v) is 3.66. The fraction of sp³-hybridized carbons (Fsp3) is 0.235. The van der Waals surface area contributed by atoms with Gasteiger partial charge in [-0.2, -0.15) is 5.10 Å². The summed E-state index contributed by atoms with van der Waals surface area (Å²) in [5.41, 5.74) is 8.03. The van der Waals surface area contributed by atoms with Crippen molar-refractivity contribution in [3.05, 3.63) is 65.2 Å². The van der Waals surface area contributed by atoms with Crippen LogP contribution in [0.25, 0.3) is 0 Å². The van der Waals surface area contributed by atoms with Gasteiger partial charge in [-0.1, -0.05) is 42.0 Å². The quantitative estimate of drug-likeness (QED) is 0.923. The maximum Gasteiger partial charge on any atom is 0.118 e. The van der Waals surface area contributed by atoms with Crippen LogP contribution in [0.15, 0.2) is 53.6 Å². The molecule has 102 valence electrons. The molecule has 0 radical (unpaired) electrons. The second kappa shape index (κ2) is 5.37. The molecule has 0 fully saturated rings. The average molecular weight is 266 g/mol. The number of rotatable bonds is 3. The number of methoxy groups -OCH3 is 1. The van der Waals surface area contributed by atoms with Crippen molar-refractivity contribution in [1.29, 1.82) is 0 Å². The van der Waals surface area contributed by atoms with Gasteiger partial charge in [-0.05, 0) is 30.2 Å². The predicted octanol–water partition coefficient (Wildman–Crippen LogP) is 3.44. The number of nitrogens with one attached hydrogen (secondary N) is 1. The zero-order valence-corrected chi connectivity index (χ0v) is 11.8. The second-order valence-corrected chi connectivity index (χ2v) is 5.08. The summed E-state index contributed by atoms with van der Waals surface area (Å²) in [5, 5.41) is 4.47. The first-order valence-corrected chi connectivity index (χ1v) is 6.79. The molecule has 1 heterocycles. The molecule has 0 saturated carbocycles. The molecule has 2 aromatic carbocycles. The van der Waals surface area contributed by atoms with Crippen molar-refractivity contribution in [3.8, 4) is 5.75 Å². The summed E-state index contributed by atoms with van der Waals surface area (Å²) < 4.78 is 5.18. The van der Waals surface area contributed by atoms with Gasteiger partial charge < -0.3 is 10.2 Å². The maximum atomic E-state index is 5.18. The molecule has 1 aliphatic rings. The molecule has 0 spiro atoms. The van der Waals surface area contributed by atoms with Crippen molar-refractivity contribution < 1.29 is 4.74 Å². The number of benzene rings is 2. The maximum absolute atomic E-state index is 5.18. The van der Waals surface area contributed by atoms with Crippen LogP contribution in [-0.4, -0.2) is 12.8 Å². The Balaban J connectivity index is 1.73. The number of hydrogen-bond acceptors (Lipinski definition) is 3. The van der Waals surface area contributed by atoms with Crippen LogP contribution in [0.1, 0.15) is 29.2 Å². The summed E-state index contributed by atoms with van der Waals surface area (Å²) >= 11 is 0. The van der Waals surface area contributed by atoms with Crippen LogP contribution >= 0.6 is 0 Å². The molecular weight excluding hydrogens is 248 g/mol. The normalized spacial score (nSPS) is 17.5. The van der Waals surface area contributed by atoms with Crippen molar-refractivity contribution in [3.63, 3.8) is 0 Å². The number of nitrogens with zero attached hydrogens (tertiary/aromatic N) is 1. The molecule has 3 rings (SSSR count). The van der Waals surface area contributed by atoms with Gasteiger partial charge in [0.05, 0.1) is 18.9 Å². The molecule has 1 unspecified atom stereocenters. The fourth-order valence-corrected chi connectivity index (χ4v) is 2.40. The van der Waals surface area contributed by atoms with Crippen molar-refractivity contribution >= 4 is 5.71 Å². The Morgan fingerprint density at radius 1 is 1.05 bits per heavy atom. The number of hydrazone groups is 1. The highest BCUT2D eigenvalue weighted by atomic mass is 16.5. The Hall–Kier alpha value is -2.29. The number of ether oxygens (including phenoxy) is 1. The molecular formula is C17H18N2O. The van der Waals surface area contributed by atoms with Gasteiger partial charge >= 0.3 is 0 Å². The van der Waals surface area contributed by atoms with E-state index in [-0.39, 0.29) is 6.04 Å². The van der Waals surface area contributed by atoms with Crippen molar-refractivity contribution in [2.45, 2.75) is 19.4 Å².